The molecule has 0 aliphatic rings. The van der Waals surface area contributed by atoms with Crippen LogP contribution in [0.5, 0.6) is 0 Å². The Kier molecular flexibility index (Phi) is 63.0. The first kappa shape index (κ1) is 16.4. The Labute approximate surface area is 56.5 Å². The van der Waals surface area contributed by atoms with E-state index in [-0.39, 0.29) is 44.3 Å². The van der Waals surface area contributed by atoms with Crippen LogP contribution in [0.2, 0.25) is 0 Å². The average Bonchev–Trinajstić information content (AvgIpc) is 0.918. The molecule has 5 heavy (non-hydrogen) atoms. The maximum atomic E-state index is 8.82. The Morgan fingerprint density at radius 2 is 1.40 bits per heavy atom. The molecule has 0 aliphatic carbocycles. The Morgan fingerprint density at radius 3 is 1.40 bits per heavy atom. The summed E-state index contributed by atoms with van der Waals surface area (Å²) in [5.74, 6) is 0. The van der Waals surface area contributed by atoms with Gasteiger partial charge in [-0.1, -0.05) is 0 Å². The Morgan fingerprint density at radius 1 is 1.40 bits per heavy atom. The van der Waals surface area contributed by atoms with Gasteiger partial charge in [0.2, 0.25) is 0 Å². The van der Waals surface area contributed by atoms with Crippen LogP contribution in [-0.2, 0) is 0 Å². The second-order valence-electron chi connectivity index (χ2n) is 0.204. The summed E-state index contributed by atoms with van der Waals surface area (Å²) >= 11 is 0. The van der Waals surface area contributed by atoms with Crippen LogP contribution in [0.1, 0.15) is 0 Å². The van der Waals surface area contributed by atoms with E-state index in [1.54, 1.807) is 0 Å². The smallest absolute Gasteiger partial charge is 0.878 e. The molecule has 0 aliphatic heterocycles. The first-order valence-corrected chi connectivity index (χ1v) is 0.789. The summed E-state index contributed by atoms with van der Waals surface area (Å²) in [5, 5.41) is 8.82. The minimum absolute atomic E-state index is 0. The van der Waals surface area contributed by atoms with Crippen molar-refractivity contribution in [3.63, 3.8) is 0 Å². The monoisotopic (exact) mass is 58.1 g/mol. The second-order valence-corrected chi connectivity index (χ2v) is 0.204. The van der Waals surface area contributed by atoms with E-state index < -0.39 is 0 Å². The molecule has 0 saturated carbocycles. The van der Waals surface area contributed by atoms with Gasteiger partial charge in [-0.2, -0.15) is 0 Å². The molecule has 0 N–H and O–H groups in total. The summed E-state index contributed by atoms with van der Waals surface area (Å²) < 4.78 is 0. The quantitative estimate of drug-likeness (QED) is 0.200. The minimum Gasteiger partial charge on any atom is -0.878 e. The third-order valence-electron chi connectivity index (χ3n) is 0. The summed E-state index contributed by atoms with van der Waals surface area (Å²) in [6.07, 6.45) is 0. The molecule has 0 bridgehead atoms. The van der Waals surface area contributed by atoms with E-state index >= 15 is 0 Å². The van der Waals surface area contributed by atoms with Crippen LogP contribution in [0.4, 0.5) is 0 Å². The van der Waals surface area contributed by atoms with E-state index in [1.165, 1.54) is 0 Å². The van der Waals surface area contributed by atoms with Gasteiger partial charge in [-0.25, -0.2) is 0 Å². The zero-order chi connectivity index (χ0) is 2.71. The van der Waals surface area contributed by atoms with Crippen molar-refractivity contribution >= 4 is 0 Å². The molecule has 0 unspecified atom stereocenters. The SMILES string of the molecule is [CH2-]C[O-].[Li+].[Li+]. The molecule has 0 aromatic heterocycles. The van der Waals surface area contributed by atoms with Crippen LogP contribution in [-0.4, -0.2) is 6.61 Å². The van der Waals surface area contributed by atoms with Gasteiger partial charge in [0.15, 0.2) is 0 Å². The molecular weight excluding hydrogens is 53.9 g/mol. The molecule has 0 radical (unpaired) electrons. The molecule has 0 spiro atoms. The van der Waals surface area contributed by atoms with Crippen LogP contribution in [0.15, 0.2) is 0 Å². The van der Waals surface area contributed by atoms with Crippen LogP contribution in [0.25, 0.3) is 0 Å². The van der Waals surface area contributed by atoms with E-state index in [9.17, 15) is 0 Å². The summed E-state index contributed by atoms with van der Waals surface area (Å²) in [4.78, 5) is 0. The Balaban J connectivity index is -0.0000000200. The van der Waals surface area contributed by atoms with Gasteiger partial charge in [-0.15, -0.1) is 0 Å². The van der Waals surface area contributed by atoms with Gasteiger partial charge >= 0.3 is 37.7 Å². The molecule has 0 heterocycles. The van der Waals surface area contributed by atoms with Crippen LogP contribution >= 0.6 is 0 Å². The molecule has 0 saturated heterocycles. The number of hydrogen-bond acceptors (Lipinski definition) is 1. The van der Waals surface area contributed by atoms with E-state index in [1.807, 2.05) is 0 Å². The van der Waals surface area contributed by atoms with Crippen LogP contribution in [0, 0.1) is 6.92 Å². The van der Waals surface area contributed by atoms with Gasteiger partial charge < -0.3 is 12.0 Å². The Hall–Kier alpha value is 1.15. The van der Waals surface area contributed by atoms with Crippen molar-refractivity contribution in [3.05, 3.63) is 6.92 Å². The maximum Gasteiger partial charge on any atom is 1.00 e. The van der Waals surface area contributed by atoms with Crippen molar-refractivity contribution in [2.45, 2.75) is 0 Å². The van der Waals surface area contributed by atoms with Crippen molar-refractivity contribution in [1.29, 1.82) is 0 Å². The molecule has 20 valence electrons. The maximum absolute atomic E-state index is 8.82. The molecule has 0 amide bonds. The van der Waals surface area contributed by atoms with Gasteiger partial charge in [0, 0.05) is 0 Å². The summed E-state index contributed by atoms with van der Waals surface area (Å²) in [7, 11) is 0. The van der Waals surface area contributed by atoms with E-state index in [0.29, 0.717) is 0 Å². The fourth-order valence-electron chi connectivity index (χ4n) is 0. The zero-order valence-electron chi connectivity index (χ0n) is 3.82. The zero-order valence-corrected chi connectivity index (χ0v) is 3.82. The molecule has 0 fully saturated rings. The first-order valence-electron chi connectivity index (χ1n) is 0.789. The standard InChI is InChI=1S/C2H4O.2Li/c1-2-3;;/h1-2H2;;/q-2;2*+1. The summed E-state index contributed by atoms with van der Waals surface area (Å²) in [6, 6.07) is 0. The third-order valence-corrected chi connectivity index (χ3v) is 0. The van der Waals surface area contributed by atoms with Crippen molar-refractivity contribution in [3.8, 4) is 0 Å². The first-order chi connectivity index (χ1) is 1.41. The van der Waals surface area contributed by atoms with Gasteiger partial charge in [-0.05, 0) is 0 Å². The van der Waals surface area contributed by atoms with Crippen molar-refractivity contribution in [1.82, 2.24) is 0 Å². The number of hydrogen-bond donors (Lipinski definition) is 0. The topological polar surface area (TPSA) is 23.1 Å². The van der Waals surface area contributed by atoms with Crippen LogP contribution < -0.4 is 42.8 Å². The van der Waals surface area contributed by atoms with Gasteiger partial charge in [0.05, 0.1) is 0 Å². The van der Waals surface area contributed by atoms with E-state index in [4.69, 9.17) is 5.11 Å². The number of rotatable bonds is 0. The minimum atomic E-state index is -0.250. The normalized spacial score (nSPS) is 3.60. The van der Waals surface area contributed by atoms with Crippen molar-refractivity contribution in [2.24, 2.45) is 0 Å². The molecule has 0 aromatic carbocycles. The van der Waals surface area contributed by atoms with Gasteiger partial charge in [-0.3, -0.25) is 6.61 Å². The van der Waals surface area contributed by atoms with Gasteiger partial charge in [0.25, 0.3) is 0 Å². The fraction of sp³-hybridized carbons (Fsp3) is 0.500. The van der Waals surface area contributed by atoms with Crippen molar-refractivity contribution in [2.75, 3.05) is 6.61 Å². The van der Waals surface area contributed by atoms with Gasteiger partial charge in [0.1, 0.15) is 0 Å². The van der Waals surface area contributed by atoms with Crippen LogP contribution in [0.3, 0.4) is 0 Å². The fourth-order valence-corrected chi connectivity index (χ4v) is 0. The van der Waals surface area contributed by atoms with Crippen molar-refractivity contribution < 1.29 is 42.8 Å². The average molecular weight is 57.9 g/mol. The summed E-state index contributed by atoms with van der Waals surface area (Å²) in [5.41, 5.74) is 0. The third kappa shape index (κ3) is 38.5. The van der Waals surface area contributed by atoms with E-state index in [2.05, 4.69) is 6.92 Å². The molecule has 1 nitrogen and oxygen atoms in total. The molecule has 3 heteroatoms. The predicted molar refractivity (Wildman–Crippen MR) is 10.2 cm³/mol. The largest absolute Gasteiger partial charge is 1.00 e. The van der Waals surface area contributed by atoms with E-state index in [0.717, 1.165) is 0 Å². The Bertz CT molecular complexity index is 7.61. The second kappa shape index (κ2) is 19.2. The molecular formula is C2H4Li2O. The molecule has 0 atom stereocenters. The molecule has 0 rings (SSSR count). The molecule has 0 aromatic rings. The predicted octanol–water partition coefficient (Wildman–Crippen LogP) is -6.81. The summed E-state index contributed by atoms with van der Waals surface area (Å²) in [6.45, 7) is 2.68.